The summed E-state index contributed by atoms with van der Waals surface area (Å²) in [5, 5.41) is 8.97. The Kier molecular flexibility index (Phi) is 3.18. The molecule has 0 saturated carbocycles. The highest BCUT2D eigenvalue weighted by atomic mass is 16.4. The van der Waals surface area contributed by atoms with Crippen LogP contribution in [-0.4, -0.2) is 40.9 Å². The SMILES string of the molecule is CC1(C(N)=O)CCN(C(=O)C(C)(C)C(=O)O)C1. The topological polar surface area (TPSA) is 101 Å². The second-order valence-corrected chi connectivity index (χ2v) is 5.33. The van der Waals surface area contributed by atoms with Gasteiger partial charge < -0.3 is 15.7 Å². The van der Waals surface area contributed by atoms with Gasteiger partial charge in [0.2, 0.25) is 11.8 Å². The van der Waals surface area contributed by atoms with Gasteiger partial charge >= 0.3 is 5.97 Å². The Labute approximate surface area is 99.8 Å². The molecule has 1 rings (SSSR count). The third-order valence-corrected chi connectivity index (χ3v) is 3.42. The van der Waals surface area contributed by atoms with Crippen molar-refractivity contribution in [1.82, 2.24) is 4.90 Å². The van der Waals surface area contributed by atoms with Crippen LogP contribution in [0.15, 0.2) is 0 Å². The zero-order chi connectivity index (χ0) is 13.4. The number of nitrogens with zero attached hydrogens (tertiary/aromatic N) is 1. The lowest BCUT2D eigenvalue weighted by Gasteiger charge is -2.27. The third-order valence-electron chi connectivity index (χ3n) is 3.42. The largest absolute Gasteiger partial charge is 0.480 e. The van der Waals surface area contributed by atoms with Crippen molar-refractivity contribution in [2.75, 3.05) is 13.1 Å². The molecule has 1 fully saturated rings. The van der Waals surface area contributed by atoms with E-state index in [2.05, 4.69) is 0 Å². The van der Waals surface area contributed by atoms with Crippen molar-refractivity contribution in [1.29, 1.82) is 0 Å². The summed E-state index contributed by atoms with van der Waals surface area (Å²) in [6.07, 6.45) is 0.476. The van der Waals surface area contributed by atoms with Gasteiger partial charge in [0.05, 0.1) is 5.41 Å². The Morgan fingerprint density at radius 1 is 1.35 bits per heavy atom. The molecule has 6 heteroatoms. The van der Waals surface area contributed by atoms with Crippen LogP contribution in [-0.2, 0) is 14.4 Å². The summed E-state index contributed by atoms with van der Waals surface area (Å²) >= 11 is 0. The number of carboxylic acid groups (broad SMARTS) is 1. The Balaban J connectivity index is 2.83. The van der Waals surface area contributed by atoms with Crippen molar-refractivity contribution < 1.29 is 19.5 Å². The lowest BCUT2D eigenvalue weighted by Crippen LogP contribution is -2.46. The van der Waals surface area contributed by atoms with Gasteiger partial charge in [-0.2, -0.15) is 0 Å². The predicted molar refractivity (Wildman–Crippen MR) is 59.9 cm³/mol. The minimum Gasteiger partial charge on any atom is -0.480 e. The maximum atomic E-state index is 12.0. The fourth-order valence-electron chi connectivity index (χ4n) is 1.82. The van der Waals surface area contributed by atoms with Crippen molar-refractivity contribution in [3.63, 3.8) is 0 Å². The number of carbonyl (C=O) groups is 3. The van der Waals surface area contributed by atoms with Crippen LogP contribution in [0, 0.1) is 10.8 Å². The van der Waals surface area contributed by atoms with Crippen molar-refractivity contribution in [3.8, 4) is 0 Å². The van der Waals surface area contributed by atoms with Gasteiger partial charge in [0.1, 0.15) is 5.41 Å². The maximum Gasteiger partial charge on any atom is 0.318 e. The van der Waals surface area contributed by atoms with E-state index in [9.17, 15) is 14.4 Å². The number of likely N-dealkylation sites (tertiary alicyclic amines) is 1. The molecule has 1 aliphatic heterocycles. The number of hydrogen-bond donors (Lipinski definition) is 2. The molecule has 1 heterocycles. The first-order valence-electron chi connectivity index (χ1n) is 5.44. The van der Waals surface area contributed by atoms with Crippen molar-refractivity contribution in [2.45, 2.75) is 27.2 Å². The molecule has 1 atom stereocenters. The molecule has 1 unspecified atom stereocenters. The second-order valence-electron chi connectivity index (χ2n) is 5.33. The molecular weight excluding hydrogens is 224 g/mol. The summed E-state index contributed by atoms with van der Waals surface area (Å²) in [7, 11) is 0. The molecule has 0 aromatic rings. The Morgan fingerprint density at radius 3 is 2.24 bits per heavy atom. The summed E-state index contributed by atoms with van der Waals surface area (Å²) < 4.78 is 0. The number of hydrogen-bond acceptors (Lipinski definition) is 3. The summed E-state index contributed by atoms with van der Waals surface area (Å²) in [6, 6.07) is 0. The summed E-state index contributed by atoms with van der Waals surface area (Å²) in [5.74, 6) is -2.11. The van der Waals surface area contributed by atoms with E-state index < -0.39 is 28.6 Å². The Morgan fingerprint density at radius 2 is 1.88 bits per heavy atom. The van der Waals surface area contributed by atoms with Gasteiger partial charge in [-0.15, -0.1) is 0 Å². The first kappa shape index (κ1) is 13.5. The quantitative estimate of drug-likeness (QED) is 0.670. The molecule has 3 N–H and O–H groups in total. The monoisotopic (exact) mass is 242 g/mol. The van der Waals surface area contributed by atoms with Crippen LogP contribution < -0.4 is 5.73 Å². The van der Waals surface area contributed by atoms with Crippen LogP contribution in [0.4, 0.5) is 0 Å². The first-order chi connectivity index (χ1) is 7.61. The van der Waals surface area contributed by atoms with Crippen LogP contribution in [0.25, 0.3) is 0 Å². The van der Waals surface area contributed by atoms with E-state index in [0.717, 1.165) is 0 Å². The average Bonchev–Trinajstić information content (AvgIpc) is 2.61. The van der Waals surface area contributed by atoms with Gasteiger partial charge in [-0.3, -0.25) is 14.4 Å². The molecule has 0 spiro atoms. The van der Waals surface area contributed by atoms with Crippen LogP contribution in [0.3, 0.4) is 0 Å². The molecule has 1 aliphatic rings. The zero-order valence-electron chi connectivity index (χ0n) is 10.3. The zero-order valence-corrected chi connectivity index (χ0v) is 10.3. The van der Waals surface area contributed by atoms with E-state index in [4.69, 9.17) is 10.8 Å². The predicted octanol–water partition coefficient (Wildman–Crippen LogP) is -0.179. The molecule has 2 amide bonds. The fraction of sp³-hybridized carbons (Fsp3) is 0.727. The minimum absolute atomic E-state index is 0.192. The molecule has 0 bridgehead atoms. The lowest BCUT2D eigenvalue weighted by atomic mass is 9.88. The van der Waals surface area contributed by atoms with Crippen molar-refractivity contribution >= 4 is 17.8 Å². The van der Waals surface area contributed by atoms with Gasteiger partial charge in [0.15, 0.2) is 0 Å². The van der Waals surface area contributed by atoms with Crippen LogP contribution in [0.1, 0.15) is 27.2 Å². The minimum atomic E-state index is -1.47. The highest BCUT2D eigenvalue weighted by Crippen LogP contribution is 2.32. The van der Waals surface area contributed by atoms with E-state index in [1.54, 1.807) is 6.92 Å². The van der Waals surface area contributed by atoms with E-state index in [1.807, 2.05) is 0 Å². The van der Waals surface area contributed by atoms with E-state index >= 15 is 0 Å². The molecule has 96 valence electrons. The number of nitrogens with two attached hydrogens (primary N) is 1. The van der Waals surface area contributed by atoms with Gasteiger partial charge in [-0.05, 0) is 27.2 Å². The normalized spacial score (nSPS) is 24.8. The molecule has 0 aromatic carbocycles. The van der Waals surface area contributed by atoms with Gasteiger partial charge in [0, 0.05) is 13.1 Å². The smallest absolute Gasteiger partial charge is 0.318 e. The van der Waals surface area contributed by atoms with Gasteiger partial charge in [0.25, 0.3) is 0 Å². The van der Waals surface area contributed by atoms with Gasteiger partial charge in [-0.1, -0.05) is 0 Å². The number of amides is 2. The molecule has 0 aliphatic carbocycles. The second kappa shape index (κ2) is 4.01. The van der Waals surface area contributed by atoms with Gasteiger partial charge in [-0.25, -0.2) is 0 Å². The standard InChI is InChI=1S/C11H18N2O4/c1-10(2,9(16)17)8(15)13-5-4-11(3,6-13)7(12)14/h4-6H2,1-3H3,(H2,12,14)(H,16,17). The van der Waals surface area contributed by atoms with Crippen molar-refractivity contribution in [3.05, 3.63) is 0 Å². The van der Waals surface area contributed by atoms with Crippen LogP contribution in [0.2, 0.25) is 0 Å². The Hall–Kier alpha value is -1.59. The van der Waals surface area contributed by atoms with E-state index in [-0.39, 0.29) is 6.54 Å². The highest BCUT2D eigenvalue weighted by Gasteiger charge is 2.46. The van der Waals surface area contributed by atoms with Crippen LogP contribution >= 0.6 is 0 Å². The lowest BCUT2D eigenvalue weighted by molar-refractivity contribution is -0.157. The molecule has 17 heavy (non-hydrogen) atoms. The van der Waals surface area contributed by atoms with E-state index in [1.165, 1.54) is 18.7 Å². The number of carboxylic acids is 1. The molecule has 0 aromatic heterocycles. The number of rotatable bonds is 3. The van der Waals surface area contributed by atoms with Crippen LogP contribution in [0.5, 0.6) is 0 Å². The molecular formula is C11H18N2O4. The molecule has 1 saturated heterocycles. The number of aliphatic carboxylic acids is 1. The first-order valence-corrected chi connectivity index (χ1v) is 5.44. The fourth-order valence-corrected chi connectivity index (χ4v) is 1.82. The average molecular weight is 242 g/mol. The maximum absolute atomic E-state index is 12.0. The molecule has 0 radical (unpaired) electrons. The molecule has 6 nitrogen and oxygen atoms in total. The summed E-state index contributed by atoms with van der Waals surface area (Å²) in [6.45, 7) is 4.97. The number of carbonyl (C=O) groups excluding carboxylic acids is 2. The Bertz CT molecular complexity index is 378. The van der Waals surface area contributed by atoms with E-state index in [0.29, 0.717) is 13.0 Å². The third kappa shape index (κ3) is 2.25. The van der Waals surface area contributed by atoms with Crippen molar-refractivity contribution in [2.24, 2.45) is 16.6 Å². The summed E-state index contributed by atoms with van der Waals surface area (Å²) in [5.41, 5.74) is 3.05. The number of primary amides is 1. The highest BCUT2D eigenvalue weighted by molar-refractivity contribution is 6.01. The summed E-state index contributed by atoms with van der Waals surface area (Å²) in [4.78, 5) is 35.6.